The Morgan fingerprint density at radius 3 is 2.80 bits per heavy atom. The van der Waals surface area contributed by atoms with Gasteiger partial charge in [0.1, 0.15) is 0 Å². The van der Waals surface area contributed by atoms with Crippen LogP contribution >= 0.6 is 11.3 Å². The second-order valence-corrected chi connectivity index (χ2v) is 5.35. The number of aryl methyl sites for hydroxylation is 1. The summed E-state index contributed by atoms with van der Waals surface area (Å²) in [6.45, 7) is 2.02. The molecule has 0 amide bonds. The smallest absolute Gasteiger partial charge is 0.0897 e. The molecule has 1 heterocycles. The normalized spacial score (nSPS) is 21.0. The number of nitrogens with two attached hydrogens (primary N) is 1. The fourth-order valence-corrected chi connectivity index (χ4v) is 2.79. The van der Waals surface area contributed by atoms with Gasteiger partial charge < -0.3 is 10.5 Å². The van der Waals surface area contributed by atoms with Crippen LogP contribution in [-0.2, 0) is 11.2 Å². The lowest BCUT2D eigenvalue weighted by Crippen LogP contribution is -2.55. The average molecular weight is 226 g/mol. The van der Waals surface area contributed by atoms with Crippen LogP contribution < -0.4 is 5.73 Å². The quantitative estimate of drug-likeness (QED) is 0.853. The van der Waals surface area contributed by atoms with Crippen LogP contribution in [0.1, 0.15) is 30.0 Å². The summed E-state index contributed by atoms with van der Waals surface area (Å²) < 4.78 is 5.57. The molecule has 15 heavy (non-hydrogen) atoms. The highest BCUT2D eigenvalue weighted by Crippen LogP contribution is 2.38. The van der Waals surface area contributed by atoms with Crippen molar-refractivity contribution in [1.29, 1.82) is 0 Å². The molecule has 84 valence electrons. The van der Waals surface area contributed by atoms with Gasteiger partial charge in [-0.1, -0.05) is 0 Å². The second kappa shape index (κ2) is 4.20. The molecule has 1 aliphatic rings. The number of methoxy groups -OCH3 is 1. The summed E-state index contributed by atoms with van der Waals surface area (Å²) in [6, 6.07) is 0.0812. The first-order chi connectivity index (χ1) is 7.16. The highest BCUT2D eigenvalue weighted by Gasteiger charge is 2.42. The van der Waals surface area contributed by atoms with Crippen LogP contribution in [0.15, 0.2) is 5.38 Å². The topological polar surface area (TPSA) is 48.1 Å². The van der Waals surface area contributed by atoms with Crippen molar-refractivity contribution in [2.75, 3.05) is 7.11 Å². The molecule has 0 bridgehead atoms. The van der Waals surface area contributed by atoms with E-state index >= 15 is 0 Å². The molecule has 1 unspecified atom stereocenters. The van der Waals surface area contributed by atoms with Gasteiger partial charge in [-0.25, -0.2) is 4.98 Å². The van der Waals surface area contributed by atoms with Crippen LogP contribution in [0.25, 0.3) is 0 Å². The summed E-state index contributed by atoms with van der Waals surface area (Å²) in [5.41, 5.74) is 7.24. The van der Waals surface area contributed by atoms with Crippen LogP contribution in [0.3, 0.4) is 0 Å². The van der Waals surface area contributed by atoms with E-state index in [2.05, 4.69) is 10.4 Å². The van der Waals surface area contributed by atoms with Crippen molar-refractivity contribution in [1.82, 2.24) is 4.98 Å². The molecule has 0 aliphatic heterocycles. The molecule has 0 spiro atoms. The zero-order valence-corrected chi connectivity index (χ0v) is 10.1. The summed E-state index contributed by atoms with van der Waals surface area (Å²) in [4.78, 5) is 4.44. The van der Waals surface area contributed by atoms with E-state index < -0.39 is 0 Å². The van der Waals surface area contributed by atoms with Crippen LogP contribution in [0.4, 0.5) is 0 Å². The van der Waals surface area contributed by atoms with Gasteiger partial charge in [0.05, 0.1) is 16.3 Å². The third-order valence-electron chi connectivity index (χ3n) is 3.38. The van der Waals surface area contributed by atoms with E-state index in [0.717, 1.165) is 30.0 Å². The summed E-state index contributed by atoms with van der Waals surface area (Å²) in [7, 11) is 1.77. The van der Waals surface area contributed by atoms with Crippen molar-refractivity contribution in [3.05, 3.63) is 16.1 Å². The third-order valence-corrected chi connectivity index (χ3v) is 4.20. The van der Waals surface area contributed by atoms with Gasteiger partial charge in [0, 0.05) is 25.0 Å². The largest absolute Gasteiger partial charge is 0.377 e. The van der Waals surface area contributed by atoms with E-state index in [0.29, 0.717) is 0 Å². The second-order valence-electron chi connectivity index (χ2n) is 4.29. The van der Waals surface area contributed by atoms with Gasteiger partial charge in [0.25, 0.3) is 0 Å². The van der Waals surface area contributed by atoms with Gasteiger partial charge in [0.2, 0.25) is 0 Å². The zero-order valence-electron chi connectivity index (χ0n) is 9.32. The lowest BCUT2D eigenvalue weighted by Gasteiger charge is -2.44. The van der Waals surface area contributed by atoms with Gasteiger partial charge in [-0.3, -0.25) is 0 Å². The van der Waals surface area contributed by atoms with Crippen LogP contribution in [0.5, 0.6) is 0 Å². The summed E-state index contributed by atoms with van der Waals surface area (Å²) in [5.74, 6) is 0. The maximum atomic E-state index is 6.21. The maximum Gasteiger partial charge on any atom is 0.0897 e. The minimum atomic E-state index is -0.0719. The Balaban J connectivity index is 1.99. The number of hydrogen-bond donors (Lipinski definition) is 1. The highest BCUT2D eigenvalue weighted by atomic mass is 32.1. The van der Waals surface area contributed by atoms with E-state index in [1.165, 1.54) is 6.42 Å². The van der Waals surface area contributed by atoms with Crippen LogP contribution in [-0.4, -0.2) is 23.7 Å². The number of aromatic nitrogens is 1. The number of ether oxygens (including phenoxy) is 1. The van der Waals surface area contributed by atoms with Gasteiger partial charge >= 0.3 is 0 Å². The van der Waals surface area contributed by atoms with E-state index in [1.54, 1.807) is 18.4 Å². The van der Waals surface area contributed by atoms with Crippen molar-refractivity contribution in [3.8, 4) is 0 Å². The number of rotatable bonds is 4. The molecule has 1 atom stereocenters. The molecule has 1 aromatic heterocycles. The standard InChI is InChI=1S/C11H18N2OS/c1-8-13-9(7-15-8)6-10(12)11(14-2)4-3-5-11/h7,10H,3-6,12H2,1-2H3. The monoisotopic (exact) mass is 226 g/mol. The summed E-state index contributed by atoms with van der Waals surface area (Å²) in [5, 5.41) is 3.20. The zero-order chi connectivity index (χ0) is 10.9. The number of hydrogen-bond acceptors (Lipinski definition) is 4. The van der Waals surface area contributed by atoms with Crippen molar-refractivity contribution in [2.45, 2.75) is 44.2 Å². The molecule has 1 aromatic rings. The molecule has 0 radical (unpaired) electrons. The van der Waals surface area contributed by atoms with Crippen molar-refractivity contribution < 1.29 is 4.74 Å². The molecule has 3 nitrogen and oxygen atoms in total. The number of nitrogens with zero attached hydrogens (tertiary/aromatic N) is 1. The van der Waals surface area contributed by atoms with E-state index in [9.17, 15) is 0 Å². The molecule has 1 saturated carbocycles. The van der Waals surface area contributed by atoms with Crippen LogP contribution in [0, 0.1) is 6.92 Å². The first kappa shape index (κ1) is 11.0. The SMILES string of the molecule is COC1(C(N)Cc2csc(C)n2)CCC1. The Bertz CT molecular complexity index is 328. The molecular weight excluding hydrogens is 208 g/mol. The molecular formula is C11H18N2OS. The highest BCUT2D eigenvalue weighted by molar-refractivity contribution is 7.09. The van der Waals surface area contributed by atoms with Gasteiger partial charge in [-0.05, 0) is 26.2 Å². The maximum absolute atomic E-state index is 6.21. The minimum Gasteiger partial charge on any atom is -0.377 e. The molecule has 1 aliphatic carbocycles. The van der Waals surface area contributed by atoms with E-state index in [-0.39, 0.29) is 11.6 Å². The molecule has 4 heteroatoms. The van der Waals surface area contributed by atoms with E-state index in [4.69, 9.17) is 10.5 Å². The fourth-order valence-electron chi connectivity index (χ4n) is 2.16. The fraction of sp³-hybridized carbons (Fsp3) is 0.727. The van der Waals surface area contributed by atoms with E-state index in [1.807, 2.05) is 6.92 Å². The Kier molecular flexibility index (Phi) is 3.09. The third kappa shape index (κ3) is 2.07. The van der Waals surface area contributed by atoms with Crippen molar-refractivity contribution in [2.24, 2.45) is 5.73 Å². The molecule has 2 rings (SSSR count). The van der Waals surface area contributed by atoms with Gasteiger partial charge in [-0.15, -0.1) is 11.3 Å². The predicted octanol–water partition coefficient (Wildman–Crippen LogP) is 1.89. The number of thiazole rings is 1. The Morgan fingerprint density at radius 2 is 2.40 bits per heavy atom. The van der Waals surface area contributed by atoms with Crippen molar-refractivity contribution in [3.63, 3.8) is 0 Å². The summed E-state index contributed by atoms with van der Waals surface area (Å²) in [6.07, 6.45) is 4.25. The Morgan fingerprint density at radius 1 is 1.67 bits per heavy atom. The van der Waals surface area contributed by atoms with Crippen molar-refractivity contribution >= 4 is 11.3 Å². The average Bonchev–Trinajstić information content (AvgIpc) is 2.50. The van der Waals surface area contributed by atoms with Gasteiger partial charge in [0.15, 0.2) is 0 Å². The van der Waals surface area contributed by atoms with Crippen LogP contribution in [0.2, 0.25) is 0 Å². The molecule has 0 saturated heterocycles. The molecule has 2 N–H and O–H groups in total. The molecule has 0 aromatic carbocycles. The molecule has 1 fully saturated rings. The summed E-state index contributed by atoms with van der Waals surface area (Å²) >= 11 is 1.68. The first-order valence-corrected chi connectivity index (χ1v) is 6.26. The lowest BCUT2D eigenvalue weighted by molar-refractivity contribution is -0.0898. The lowest BCUT2D eigenvalue weighted by atomic mass is 9.73. The minimum absolute atomic E-state index is 0.0719. The predicted molar refractivity (Wildman–Crippen MR) is 62.1 cm³/mol. The first-order valence-electron chi connectivity index (χ1n) is 5.38. The Hall–Kier alpha value is -0.450. The van der Waals surface area contributed by atoms with Gasteiger partial charge in [-0.2, -0.15) is 0 Å². The Labute approximate surface area is 94.7 Å².